The van der Waals surface area contributed by atoms with Gasteiger partial charge < -0.3 is 15.8 Å². The predicted octanol–water partition coefficient (Wildman–Crippen LogP) is 2.62. The molecule has 0 aliphatic carbocycles. The van der Waals surface area contributed by atoms with Gasteiger partial charge in [-0.25, -0.2) is 4.99 Å². The van der Waals surface area contributed by atoms with Crippen molar-refractivity contribution >= 4 is 17.3 Å². The Bertz CT molecular complexity index is 702. The van der Waals surface area contributed by atoms with Crippen LogP contribution in [0.4, 0.5) is 0 Å². The van der Waals surface area contributed by atoms with Crippen LogP contribution in [0.5, 0.6) is 0 Å². The molecule has 0 bridgehead atoms. The van der Waals surface area contributed by atoms with E-state index in [9.17, 15) is 0 Å². The summed E-state index contributed by atoms with van der Waals surface area (Å²) in [6.07, 6.45) is 1.29. The molecule has 1 aromatic heterocycles. The predicted molar refractivity (Wildman–Crippen MR) is 108 cm³/mol. The zero-order valence-electron chi connectivity index (χ0n) is 15.4. The molecule has 0 saturated carbocycles. The minimum atomic E-state index is 0.316. The van der Waals surface area contributed by atoms with Crippen LogP contribution in [0.3, 0.4) is 0 Å². The Hall–Kier alpha value is -1.89. The summed E-state index contributed by atoms with van der Waals surface area (Å²) in [5, 5.41) is 5.28. The van der Waals surface area contributed by atoms with E-state index in [2.05, 4.69) is 63.9 Å². The zero-order valence-corrected chi connectivity index (χ0v) is 16.2. The summed E-state index contributed by atoms with van der Waals surface area (Å²) < 4.78 is 5.61. The van der Waals surface area contributed by atoms with Crippen LogP contribution in [0, 0.1) is 0 Å². The lowest BCUT2D eigenvalue weighted by Crippen LogP contribution is -2.40. The van der Waals surface area contributed by atoms with Crippen molar-refractivity contribution in [3.8, 4) is 0 Å². The molecule has 0 radical (unpaired) electrons. The molecule has 1 unspecified atom stereocenters. The van der Waals surface area contributed by atoms with Crippen LogP contribution in [0.15, 0.2) is 46.8 Å². The Kier molecular flexibility index (Phi) is 7.05. The first-order chi connectivity index (χ1) is 12.7. The summed E-state index contributed by atoms with van der Waals surface area (Å²) in [6, 6.07) is 12.8. The van der Waals surface area contributed by atoms with Crippen LogP contribution in [0.25, 0.3) is 0 Å². The molecule has 6 heteroatoms. The van der Waals surface area contributed by atoms with Crippen molar-refractivity contribution < 1.29 is 4.74 Å². The number of guanidine groups is 1. The molecule has 26 heavy (non-hydrogen) atoms. The molecule has 1 fully saturated rings. The Morgan fingerprint density at radius 2 is 2.23 bits per heavy atom. The third kappa shape index (κ3) is 6.12. The van der Waals surface area contributed by atoms with Crippen LogP contribution >= 0.6 is 11.3 Å². The Morgan fingerprint density at radius 3 is 3.04 bits per heavy atom. The fourth-order valence-corrected chi connectivity index (χ4v) is 3.83. The van der Waals surface area contributed by atoms with Gasteiger partial charge in [0.2, 0.25) is 0 Å². The second-order valence-corrected chi connectivity index (χ2v) is 7.73. The van der Waals surface area contributed by atoms with Crippen molar-refractivity contribution in [2.75, 3.05) is 26.2 Å². The normalized spacial score (nSPS) is 18.8. The van der Waals surface area contributed by atoms with Gasteiger partial charge >= 0.3 is 0 Å². The minimum absolute atomic E-state index is 0.316. The van der Waals surface area contributed by atoms with E-state index in [1.54, 1.807) is 11.3 Å². The molecular formula is C20H28N4OS. The van der Waals surface area contributed by atoms with E-state index in [0.29, 0.717) is 18.6 Å². The van der Waals surface area contributed by atoms with Gasteiger partial charge in [-0.1, -0.05) is 30.3 Å². The van der Waals surface area contributed by atoms with Gasteiger partial charge in [-0.15, -0.1) is 11.3 Å². The van der Waals surface area contributed by atoms with Crippen molar-refractivity contribution in [3.63, 3.8) is 0 Å². The van der Waals surface area contributed by atoms with Crippen LogP contribution in [-0.4, -0.2) is 43.2 Å². The molecule has 1 saturated heterocycles. The fraction of sp³-hybridized carbons (Fsp3) is 0.450. The standard InChI is InChI=1S/C20H28N4OS/c1-16-14-24(9-10-25-16)15-18-5-2-4-17(12-18)13-23-20(21)22-8-7-19-6-3-11-26-19/h2-6,11-12,16H,7-10,13-15H2,1H3,(H3,21,22,23). The Balaban J connectivity index is 1.46. The highest BCUT2D eigenvalue weighted by Gasteiger charge is 2.16. The quantitative estimate of drug-likeness (QED) is 0.579. The molecule has 1 aromatic carbocycles. The molecule has 0 amide bonds. The van der Waals surface area contributed by atoms with Gasteiger partial charge in [-0.05, 0) is 35.9 Å². The van der Waals surface area contributed by atoms with Crippen molar-refractivity contribution in [1.29, 1.82) is 0 Å². The number of nitrogens with zero attached hydrogens (tertiary/aromatic N) is 2. The van der Waals surface area contributed by atoms with Crippen LogP contribution in [0.2, 0.25) is 0 Å². The summed E-state index contributed by atoms with van der Waals surface area (Å²) >= 11 is 1.77. The highest BCUT2D eigenvalue weighted by atomic mass is 32.1. The van der Waals surface area contributed by atoms with Crippen LogP contribution in [-0.2, 0) is 24.2 Å². The van der Waals surface area contributed by atoms with Gasteiger partial charge in [-0.3, -0.25) is 4.90 Å². The smallest absolute Gasteiger partial charge is 0.188 e. The number of rotatable bonds is 7. The lowest BCUT2D eigenvalue weighted by Gasteiger charge is -2.31. The Labute approximate surface area is 159 Å². The number of ether oxygens (including phenoxy) is 1. The van der Waals surface area contributed by atoms with Gasteiger partial charge in [-0.2, -0.15) is 0 Å². The van der Waals surface area contributed by atoms with E-state index < -0.39 is 0 Å². The molecule has 2 heterocycles. The van der Waals surface area contributed by atoms with E-state index in [0.717, 1.165) is 39.2 Å². The molecule has 3 rings (SSSR count). The van der Waals surface area contributed by atoms with Crippen molar-refractivity contribution in [2.45, 2.75) is 32.5 Å². The molecule has 5 nitrogen and oxygen atoms in total. The van der Waals surface area contributed by atoms with Gasteiger partial charge in [0.1, 0.15) is 0 Å². The number of hydrogen-bond acceptors (Lipinski definition) is 4. The van der Waals surface area contributed by atoms with E-state index in [1.807, 2.05) is 0 Å². The van der Waals surface area contributed by atoms with E-state index in [1.165, 1.54) is 16.0 Å². The summed E-state index contributed by atoms with van der Waals surface area (Å²) in [5.41, 5.74) is 8.49. The van der Waals surface area contributed by atoms with E-state index in [4.69, 9.17) is 10.5 Å². The maximum atomic E-state index is 5.98. The molecule has 0 spiro atoms. The number of thiophene rings is 1. The minimum Gasteiger partial charge on any atom is -0.376 e. The lowest BCUT2D eigenvalue weighted by molar-refractivity contribution is -0.0212. The number of aliphatic imine (C=N–C) groups is 1. The van der Waals surface area contributed by atoms with Gasteiger partial charge in [0.15, 0.2) is 5.96 Å². The number of morpholine rings is 1. The third-order valence-corrected chi connectivity index (χ3v) is 5.35. The topological polar surface area (TPSA) is 62.9 Å². The molecular weight excluding hydrogens is 344 g/mol. The summed E-state index contributed by atoms with van der Waals surface area (Å²) in [6.45, 7) is 7.30. The first-order valence-corrected chi connectivity index (χ1v) is 10.0. The maximum Gasteiger partial charge on any atom is 0.188 e. The van der Waals surface area contributed by atoms with E-state index in [-0.39, 0.29) is 0 Å². The average molecular weight is 373 g/mol. The van der Waals surface area contributed by atoms with E-state index >= 15 is 0 Å². The molecule has 3 N–H and O–H groups in total. The van der Waals surface area contributed by atoms with Crippen molar-refractivity contribution in [3.05, 3.63) is 57.8 Å². The number of nitrogens with one attached hydrogen (secondary N) is 1. The summed E-state index contributed by atoms with van der Waals surface area (Å²) in [5.74, 6) is 0.508. The summed E-state index contributed by atoms with van der Waals surface area (Å²) in [4.78, 5) is 8.26. The van der Waals surface area contributed by atoms with Crippen LogP contribution in [0.1, 0.15) is 22.9 Å². The van der Waals surface area contributed by atoms with Crippen molar-refractivity contribution in [2.24, 2.45) is 10.7 Å². The average Bonchev–Trinajstić information content (AvgIpc) is 3.14. The molecule has 1 aliphatic heterocycles. The van der Waals surface area contributed by atoms with Gasteiger partial charge in [0, 0.05) is 31.1 Å². The highest BCUT2D eigenvalue weighted by Crippen LogP contribution is 2.13. The molecule has 2 aromatic rings. The van der Waals surface area contributed by atoms with Gasteiger partial charge in [0.05, 0.1) is 19.3 Å². The van der Waals surface area contributed by atoms with Crippen LogP contribution < -0.4 is 11.1 Å². The first-order valence-electron chi connectivity index (χ1n) is 9.17. The highest BCUT2D eigenvalue weighted by molar-refractivity contribution is 7.09. The van der Waals surface area contributed by atoms with Gasteiger partial charge in [0.25, 0.3) is 0 Å². The lowest BCUT2D eigenvalue weighted by atomic mass is 10.1. The molecule has 1 aliphatic rings. The fourth-order valence-electron chi connectivity index (χ4n) is 3.12. The second-order valence-electron chi connectivity index (χ2n) is 6.69. The summed E-state index contributed by atoms with van der Waals surface area (Å²) in [7, 11) is 0. The molecule has 1 atom stereocenters. The maximum absolute atomic E-state index is 5.98. The largest absolute Gasteiger partial charge is 0.376 e. The SMILES string of the molecule is CC1CN(Cc2cccc(CN=C(N)NCCc3cccs3)c2)CCO1. The zero-order chi connectivity index (χ0) is 18.2. The Morgan fingerprint density at radius 1 is 1.35 bits per heavy atom. The number of hydrogen-bond donors (Lipinski definition) is 2. The third-order valence-electron chi connectivity index (χ3n) is 4.41. The number of nitrogens with two attached hydrogens (primary N) is 1. The first kappa shape index (κ1) is 18.9. The monoisotopic (exact) mass is 372 g/mol. The second kappa shape index (κ2) is 9.71. The molecule has 140 valence electrons. The number of benzene rings is 1. The van der Waals surface area contributed by atoms with Crippen molar-refractivity contribution in [1.82, 2.24) is 10.2 Å².